The highest BCUT2D eigenvalue weighted by molar-refractivity contribution is 5.94. The predicted molar refractivity (Wildman–Crippen MR) is 108 cm³/mol. The lowest BCUT2D eigenvalue weighted by molar-refractivity contribution is -0.117. The van der Waals surface area contributed by atoms with Crippen LogP contribution >= 0.6 is 24.8 Å². The standard InChI is InChI=1S/C19H26FN3O.2ClH/c20-16-4-3-5-17(23-8-1-2-9-23)19(16)22-18(24)12-13-10-14-6-7-15(11-13)21-14;;/h3-5,13-15,21H,1-2,6-12H2,(H,22,24);2*1H. The Labute approximate surface area is 167 Å². The van der Waals surface area contributed by atoms with Crippen LogP contribution < -0.4 is 15.5 Å². The van der Waals surface area contributed by atoms with Crippen molar-refractivity contribution in [2.24, 2.45) is 5.92 Å². The number of carbonyl (C=O) groups excluding carboxylic acids is 1. The summed E-state index contributed by atoms with van der Waals surface area (Å²) in [6, 6.07) is 6.23. The second-order valence-electron chi connectivity index (χ2n) is 7.56. The highest BCUT2D eigenvalue weighted by Crippen LogP contribution is 2.34. The molecule has 26 heavy (non-hydrogen) atoms. The molecule has 2 bridgehead atoms. The van der Waals surface area contributed by atoms with E-state index in [0.717, 1.165) is 44.5 Å². The SMILES string of the molecule is Cl.Cl.O=C(CC1CC2CCC(C1)N2)Nc1c(F)cccc1N1CCCC1. The number of benzene rings is 1. The molecule has 4 rings (SSSR count). The quantitative estimate of drug-likeness (QED) is 0.793. The molecule has 1 aromatic carbocycles. The average Bonchev–Trinajstić information content (AvgIpc) is 3.19. The monoisotopic (exact) mass is 403 g/mol. The average molecular weight is 404 g/mol. The molecule has 0 aliphatic carbocycles. The zero-order valence-electron chi connectivity index (χ0n) is 14.9. The molecular weight excluding hydrogens is 376 g/mol. The Morgan fingerprint density at radius 1 is 1.15 bits per heavy atom. The molecule has 3 aliphatic heterocycles. The van der Waals surface area contributed by atoms with E-state index in [2.05, 4.69) is 15.5 Å². The number of halogens is 3. The lowest BCUT2D eigenvalue weighted by atomic mass is 9.89. The van der Waals surface area contributed by atoms with Crippen LogP contribution in [0, 0.1) is 11.7 Å². The first kappa shape index (κ1) is 21.3. The van der Waals surface area contributed by atoms with E-state index in [1.54, 1.807) is 6.07 Å². The van der Waals surface area contributed by atoms with Gasteiger partial charge in [0.15, 0.2) is 0 Å². The summed E-state index contributed by atoms with van der Waals surface area (Å²) in [6.45, 7) is 1.87. The van der Waals surface area contributed by atoms with Gasteiger partial charge in [0, 0.05) is 31.6 Å². The van der Waals surface area contributed by atoms with Crippen LogP contribution in [0.2, 0.25) is 0 Å². The number of hydrogen-bond acceptors (Lipinski definition) is 3. The number of rotatable bonds is 4. The van der Waals surface area contributed by atoms with Crippen molar-refractivity contribution in [2.75, 3.05) is 23.3 Å². The van der Waals surface area contributed by atoms with Crippen molar-refractivity contribution in [1.29, 1.82) is 0 Å². The van der Waals surface area contributed by atoms with E-state index in [-0.39, 0.29) is 36.5 Å². The first-order valence-electron chi connectivity index (χ1n) is 9.28. The summed E-state index contributed by atoms with van der Waals surface area (Å²) in [4.78, 5) is 14.7. The van der Waals surface area contributed by atoms with Gasteiger partial charge in [0.25, 0.3) is 0 Å². The van der Waals surface area contributed by atoms with Crippen molar-refractivity contribution in [3.8, 4) is 0 Å². The molecule has 0 saturated carbocycles. The van der Waals surface area contributed by atoms with Crippen molar-refractivity contribution >= 4 is 42.1 Å². The number of nitrogens with zero attached hydrogens (tertiary/aromatic N) is 1. The van der Waals surface area contributed by atoms with E-state index in [9.17, 15) is 9.18 Å². The highest BCUT2D eigenvalue weighted by Gasteiger charge is 2.34. The fourth-order valence-corrected chi connectivity index (χ4v) is 4.65. The van der Waals surface area contributed by atoms with E-state index >= 15 is 0 Å². The summed E-state index contributed by atoms with van der Waals surface area (Å²) in [5.74, 6) is 0.0377. The maximum Gasteiger partial charge on any atom is 0.224 e. The zero-order valence-corrected chi connectivity index (χ0v) is 16.5. The van der Waals surface area contributed by atoms with Crippen LogP contribution in [0.5, 0.6) is 0 Å². The Morgan fingerprint density at radius 3 is 2.46 bits per heavy atom. The first-order chi connectivity index (χ1) is 11.7. The number of anilines is 2. The van der Waals surface area contributed by atoms with Crippen LogP contribution in [0.4, 0.5) is 15.8 Å². The number of nitrogens with one attached hydrogen (secondary N) is 2. The Kier molecular flexibility index (Phi) is 7.56. The molecule has 7 heteroatoms. The van der Waals surface area contributed by atoms with Gasteiger partial charge >= 0.3 is 0 Å². The van der Waals surface area contributed by atoms with Crippen LogP contribution in [0.25, 0.3) is 0 Å². The summed E-state index contributed by atoms with van der Waals surface area (Å²) in [7, 11) is 0. The van der Waals surface area contributed by atoms with Gasteiger partial charge in [0.1, 0.15) is 11.5 Å². The Morgan fingerprint density at radius 2 is 1.81 bits per heavy atom. The van der Waals surface area contributed by atoms with E-state index in [1.165, 1.54) is 18.9 Å². The Balaban J connectivity index is 0.00000121. The second-order valence-corrected chi connectivity index (χ2v) is 7.56. The molecule has 3 heterocycles. The molecule has 0 spiro atoms. The number of amides is 1. The lowest BCUT2D eigenvalue weighted by Crippen LogP contribution is -2.39. The summed E-state index contributed by atoms with van der Waals surface area (Å²) in [5, 5.41) is 6.48. The number of hydrogen-bond donors (Lipinski definition) is 2. The summed E-state index contributed by atoms with van der Waals surface area (Å²) >= 11 is 0. The summed E-state index contributed by atoms with van der Waals surface area (Å²) in [6.07, 6.45) is 7.36. The third kappa shape index (κ3) is 4.62. The smallest absolute Gasteiger partial charge is 0.224 e. The minimum Gasteiger partial charge on any atom is -0.370 e. The van der Waals surface area contributed by atoms with E-state index in [1.807, 2.05) is 6.07 Å². The van der Waals surface area contributed by atoms with Crippen LogP contribution in [0.1, 0.15) is 44.9 Å². The largest absolute Gasteiger partial charge is 0.370 e. The van der Waals surface area contributed by atoms with Gasteiger partial charge in [0.2, 0.25) is 5.91 Å². The topological polar surface area (TPSA) is 44.4 Å². The minimum atomic E-state index is -0.335. The van der Waals surface area contributed by atoms with Crippen molar-refractivity contribution in [3.05, 3.63) is 24.0 Å². The molecule has 0 radical (unpaired) electrons. The fourth-order valence-electron chi connectivity index (χ4n) is 4.65. The van der Waals surface area contributed by atoms with Crippen LogP contribution in [0.15, 0.2) is 18.2 Å². The van der Waals surface area contributed by atoms with Crippen LogP contribution in [0.3, 0.4) is 0 Å². The molecular formula is C19H28Cl2FN3O. The molecule has 4 nitrogen and oxygen atoms in total. The molecule has 3 aliphatic rings. The van der Waals surface area contributed by atoms with E-state index < -0.39 is 0 Å². The third-order valence-electron chi connectivity index (χ3n) is 5.75. The molecule has 0 aromatic heterocycles. The normalized spacial score (nSPS) is 26.8. The maximum atomic E-state index is 14.3. The van der Waals surface area contributed by atoms with E-state index in [0.29, 0.717) is 30.1 Å². The number of fused-ring (bicyclic) bond motifs is 2. The van der Waals surface area contributed by atoms with Gasteiger partial charge in [0.05, 0.1) is 5.69 Å². The summed E-state index contributed by atoms with van der Waals surface area (Å²) in [5.41, 5.74) is 1.19. The Bertz CT molecular complexity index is 613. The van der Waals surface area contributed by atoms with Gasteiger partial charge in [-0.25, -0.2) is 4.39 Å². The van der Waals surface area contributed by atoms with Gasteiger partial charge in [-0.1, -0.05) is 6.07 Å². The lowest BCUT2D eigenvalue weighted by Gasteiger charge is -2.29. The van der Waals surface area contributed by atoms with Gasteiger partial charge in [-0.15, -0.1) is 24.8 Å². The molecule has 1 aromatic rings. The minimum absolute atomic E-state index is 0. The number of para-hydroxylation sites is 1. The van der Waals surface area contributed by atoms with Crippen molar-refractivity contribution in [3.63, 3.8) is 0 Å². The maximum absolute atomic E-state index is 14.3. The highest BCUT2D eigenvalue weighted by atomic mass is 35.5. The molecule has 146 valence electrons. The number of piperidine rings is 1. The van der Waals surface area contributed by atoms with E-state index in [4.69, 9.17) is 0 Å². The Hall–Kier alpha value is -1.04. The molecule has 1 amide bonds. The predicted octanol–water partition coefficient (Wildman–Crippen LogP) is 4.13. The zero-order chi connectivity index (χ0) is 16.5. The van der Waals surface area contributed by atoms with Crippen molar-refractivity contribution < 1.29 is 9.18 Å². The van der Waals surface area contributed by atoms with Gasteiger partial charge in [-0.3, -0.25) is 4.79 Å². The van der Waals surface area contributed by atoms with Gasteiger partial charge in [-0.05, 0) is 56.6 Å². The van der Waals surface area contributed by atoms with Crippen LogP contribution in [-0.2, 0) is 4.79 Å². The van der Waals surface area contributed by atoms with Crippen molar-refractivity contribution in [1.82, 2.24) is 5.32 Å². The van der Waals surface area contributed by atoms with Crippen LogP contribution in [-0.4, -0.2) is 31.1 Å². The summed E-state index contributed by atoms with van der Waals surface area (Å²) < 4.78 is 14.3. The fraction of sp³-hybridized carbons (Fsp3) is 0.632. The molecule has 3 saturated heterocycles. The third-order valence-corrected chi connectivity index (χ3v) is 5.75. The first-order valence-corrected chi connectivity index (χ1v) is 9.28. The molecule has 2 atom stereocenters. The van der Waals surface area contributed by atoms with Crippen molar-refractivity contribution in [2.45, 2.75) is 57.0 Å². The molecule has 3 fully saturated rings. The van der Waals surface area contributed by atoms with Gasteiger partial charge < -0.3 is 15.5 Å². The molecule has 2 unspecified atom stereocenters. The second kappa shape index (κ2) is 9.25. The van der Waals surface area contributed by atoms with Gasteiger partial charge in [-0.2, -0.15) is 0 Å². The molecule has 2 N–H and O–H groups in total. The number of carbonyl (C=O) groups is 1.